The van der Waals surface area contributed by atoms with Crippen LogP contribution in [0.15, 0.2) is 12.3 Å². The monoisotopic (exact) mass is 288 g/mol. The van der Waals surface area contributed by atoms with Gasteiger partial charge in [-0.25, -0.2) is 3.11 Å². The van der Waals surface area contributed by atoms with Crippen molar-refractivity contribution in [2.24, 2.45) is 0 Å². The van der Waals surface area contributed by atoms with Crippen molar-refractivity contribution < 1.29 is 0 Å². The molecular formula is C10H13IN2. The van der Waals surface area contributed by atoms with Crippen molar-refractivity contribution in [1.82, 2.24) is 8.10 Å². The van der Waals surface area contributed by atoms with E-state index in [1.165, 1.54) is 16.8 Å². The maximum absolute atomic E-state index is 4.47. The zero-order valence-corrected chi connectivity index (χ0v) is 10.1. The minimum Gasteiger partial charge on any atom is -0.261 e. The van der Waals surface area contributed by atoms with Crippen molar-refractivity contribution in [3.63, 3.8) is 0 Å². The second kappa shape index (κ2) is 3.53. The Morgan fingerprint density at radius 1 is 1.62 bits per heavy atom. The lowest BCUT2D eigenvalue weighted by atomic mass is 9.99. The molecule has 1 aromatic rings. The summed E-state index contributed by atoms with van der Waals surface area (Å²) >= 11 is 2.40. The first-order chi connectivity index (χ1) is 6.18. The van der Waals surface area contributed by atoms with Crippen LogP contribution in [0.4, 0.5) is 0 Å². The Kier molecular flexibility index (Phi) is 2.55. The van der Waals surface area contributed by atoms with Gasteiger partial charge in [-0.2, -0.15) is 0 Å². The Morgan fingerprint density at radius 2 is 2.38 bits per heavy atom. The van der Waals surface area contributed by atoms with E-state index in [0.717, 1.165) is 13.0 Å². The van der Waals surface area contributed by atoms with Gasteiger partial charge >= 0.3 is 0 Å². The van der Waals surface area contributed by atoms with Crippen molar-refractivity contribution in [2.75, 3.05) is 6.54 Å². The zero-order chi connectivity index (χ0) is 9.42. The number of nitrogens with zero attached hydrogens (tertiary/aromatic N) is 2. The number of pyridine rings is 1. The average Bonchev–Trinajstić information content (AvgIpc) is 2.12. The first-order valence-electron chi connectivity index (χ1n) is 4.56. The van der Waals surface area contributed by atoms with Crippen LogP contribution in [-0.2, 0) is 6.42 Å². The predicted molar refractivity (Wildman–Crippen MR) is 61.8 cm³/mol. The average molecular weight is 288 g/mol. The molecule has 1 aliphatic rings. The molecule has 1 aliphatic heterocycles. The third-order valence-corrected chi connectivity index (χ3v) is 3.89. The molecule has 2 nitrogen and oxygen atoms in total. The number of fused-ring (bicyclic) bond motifs is 1. The van der Waals surface area contributed by atoms with Crippen LogP contribution in [0.2, 0.25) is 0 Å². The SMILES string of the molecule is Cc1cnc2c(c1)C(C)N(I)CC2. The molecule has 2 rings (SSSR count). The first-order valence-corrected chi connectivity index (χ1v) is 5.53. The summed E-state index contributed by atoms with van der Waals surface area (Å²) in [6.07, 6.45) is 3.05. The van der Waals surface area contributed by atoms with E-state index in [4.69, 9.17) is 0 Å². The van der Waals surface area contributed by atoms with Crippen molar-refractivity contribution in [3.8, 4) is 0 Å². The van der Waals surface area contributed by atoms with Crippen molar-refractivity contribution in [2.45, 2.75) is 26.3 Å². The van der Waals surface area contributed by atoms with E-state index in [2.05, 4.69) is 50.9 Å². The van der Waals surface area contributed by atoms with Crippen molar-refractivity contribution in [3.05, 3.63) is 29.1 Å². The molecule has 70 valence electrons. The fraction of sp³-hybridized carbons (Fsp3) is 0.500. The van der Waals surface area contributed by atoms with Crippen LogP contribution in [0.1, 0.15) is 29.8 Å². The van der Waals surface area contributed by atoms with E-state index in [0.29, 0.717) is 6.04 Å². The number of hydrogen-bond donors (Lipinski definition) is 0. The summed E-state index contributed by atoms with van der Waals surface area (Å²) in [5.41, 5.74) is 3.95. The van der Waals surface area contributed by atoms with Gasteiger partial charge in [0.15, 0.2) is 0 Å². The Bertz CT molecular complexity index is 325. The largest absolute Gasteiger partial charge is 0.261 e. The molecule has 1 unspecified atom stereocenters. The van der Waals surface area contributed by atoms with Crippen molar-refractivity contribution in [1.29, 1.82) is 0 Å². The smallest absolute Gasteiger partial charge is 0.0464 e. The quantitative estimate of drug-likeness (QED) is 0.539. The highest BCUT2D eigenvalue weighted by atomic mass is 127. The molecule has 13 heavy (non-hydrogen) atoms. The third-order valence-electron chi connectivity index (χ3n) is 2.57. The summed E-state index contributed by atoms with van der Waals surface area (Å²) in [5.74, 6) is 0. The van der Waals surface area contributed by atoms with E-state index < -0.39 is 0 Å². The van der Waals surface area contributed by atoms with E-state index >= 15 is 0 Å². The third kappa shape index (κ3) is 1.72. The van der Waals surface area contributed by atoms with Crippen LogP contribution in [0.3, 0.4) is 0 Å². The summed E-state index contributed by atoms with van der Waals surface area (Å²) in [6.45, 7) is 5.46. The van der Waals surface area contributed by atoms with Crippen LogP contribution >= 0.6 is 22.9 Å². The fourth-order valence-electron chi connectivity index (χ4n) is 1.75. The van der Waals surface area contributed by atoms with Gasteiger partial charge in [-0.1, -0.05) is 6.07 Å². The second-order valence-electron chi connectivity index (χ2n) is 3.60. The first kappa shape index (κ1) is 9.40. The molecule has 2 heterocycles. The van der Waals surface area contributed by atoms with Gasteiger partial charge in [0.25, 0.3) is 0 Å². The lowest BCUT2D eigenvalue weighted by molar-refractivity contribution is 0.390. The molecule has 0 N–H and O–H groups in total. The van der Waals surface area contributed by atoms with Crippen LogP contribution < -0.4 is 0 Å². The van der Waals surface area contributed by atoms with Crippen molar-refractivity contribution >= 4 is 22.9 Å². The highest BCUT2D eigenvalue weighted by Crippen LogP contribution is 2.30. The van der Waals surface area contributed by atoms with Crippen LogP contribution in [-0.4, -0.2) is 14.6 Å². The topological polar surface area (TPSA) is 16.1 Å². The van der Waals surface area contributed by atoms with E-state index in [1.807, 2.05) is 6.20 Å². The standard InChI is InChI=1S/C10H13IN2/c1-7-5-9-8(2)13(11)4-3-10(9)12-6-7/h5-6,8H,3-4H2,1-2H3. The van der Waals surface area contributed by atoms with Gasteiger partial charge in [-0.05, 0) is 25.0 Å². The van der Waals surface area contributed by atoms with E-state index in [-0.39, 0.29) is 0 Å². The fourth-order valence-corrected chi connectivity index (χ4v) is 2.29. The molecule has 0 spiro atoms. The molecule has 0 saturated carbocycles. The number of hydrogen-bond acceptors (Lipinski definition) is 2. The highest BCUT2D eigenvalue weighted by Gasteiger charge is 2.22. The zero-order valence-electron chi connectivity index (χ0n) is 7.92. The Morgan fingerprint density at radius 3 is 3.15 bits per heavy atom. The molecule has 0 amide bonds. The summed E-state index contributed by atoms with van der Waals surface area (Å²) in [5, 5.41) is 0. The normalized spacial score (nSPS) is 22.8. The van der Waals surface area contributed by atoms with Gasteiger partial charge in [0.1, 0.15) is 0 Å². The maximum atomic E-state index is 4.47. The second-order valence-corrected chi connectivity index (χ2v) is 4.84. The minimum atomic E-state index is 0.511. The minimum absolute atomic E-state index is 0.511. The van der Waals surface area contributed by atoms with Gasteiger partial charge in [0, 0.05) is 53.8 Å². The summed E-state index contributed by atoms with van der Waals surface area (Å²) in [7, 11) is 0. The molecule has 0 saturated heterocycles. The number of rotatable bonds is 0. The van der Waals surface area contributed by atoms with Crippen LogP contribution in [0.25, 0.3) is 0 Å². The summed E-state index contributed by atoms with van der Waals surface area (Å²) < 4.78 is 2.35. The van der Waals surface area contributed by atoms with Gasteiger partial charge in [0.05, 0.1) is 0 Å². The number of aromatic nitrogens is 1. The van der Waals surface area contributed by atoms with Crippen LogP contribution in [0, 0.1) is 6.92 Å². The Hall–Kier alpha value is -0.160. The Balaban J connectivity index is 2.45. The number of aryl methyl sites for hydroxylation is 1. The van der Waals surface area contributed by atoms with Gasteiger partial charge in [0.2, 0.25) is 0 Å². The molecule has 3 heteroatoms. The molecule has 0 radical (unpaired) electrons. The molecule has 0 bridgehead atoms. The lowest BCUT2D eigenvalue weighted by Gasteiger charge is -2.29. The molecule has 0 aromatic carbocycles. The van der Waals surface area contributed by atoms with Gasteiger partial charge in [-0.15, -0.1) is 0 Å². The van der Waals surface area contributed by atoms with E-state index in [9.17, 15) is 0 Å². The molecule has 1 atom stereocenters. The predicted octanol–water partition coefficient (Wildman–Crippen LogP) is 2.66. The maximum Gasteiger partial charge on any atom is 0.0464 e. The molecular weight excluding hydrogens is 275 g/mol. The molecule has 1 aromatic heterocycles. The van der Waals surface area contributed by atoms with Gasteiger partial charge < -0.3 is 0 Å². The molecule has 0 fully saturated rings. The summed E-state index contributed by atoms with van der Waals surface area (Å²) in [4.78, 5) is 4.47. The Labute approximate surface area is 92.8 Å². The van der Waals surface area contributed by atoms with E-state index in [1.54, 1.807) is 0 Å². The molecule has 0 aliphatic carbocycles. The van der Waals surface area contributed by atoms with Crippen LogP contribution in [0.5, 0.6) is 0 Å². The van der Waals surface area contributed by atoms with Gasteiger partial charge in [-0.3, -0.25) is 4.98 Å². The number of halogens is 1. The summed E-state index contributed by atoms with van der Waals surface area (Å²) in [6, 6.07) is 2.77. The highest BCUT2D eigenvalue weighted by molar-refractivity contribution is 14.1. The lowest BCUT2D eigenvalue weighted by Crippen LogP contribution is -2.26.